The molecule has 0 amide bonds. The SMILES string of the molecule is CN1CCC[C@H]1C(=O)c1cn(C(=O)OC(C)(C)C)c2cc3c(cc12)OCO3. The van der Waals surface area contributed by atoms with E-state index in [4.69, 9.17) is 14.2 Å². The first-order valence-electron chi connectivity index (χ1n) is 9.17. The maximum Gasteiger partial charge on any atom is 0.419 e. The summed E-state index contributed by atoms with van der Waals surface area (Å²) in [5.41, 5.74) is 0.449. The van der Waals surface area contributed by atoms with Crippen molar-refractivity contribution in [2.45, 2.75) is 45.3 Å². The lowest BCUT2D eigenvalue weighted by atomic mass is 10.0. The molecule has 0 N–H and O–H groups in total. The van der Waals surface area contributed by atoms with E-state index < -0.39 is 11.7 Å². The van der Waals surface area contributed by atoms with Crippen molar-refractivity contribution in [3.63, 3.8) is 0 Å². The van der Waals surface area contributed by atoms with Gasteiger partial charge in [0.2, 0.25) is 6.79 Å². The number of fused-ring (bicyclic) bond motifs is 2. The van der Waals surface area contributed by atoms with Crippen molar-refractivity contribution in [3.8, 4) is 11.5 Å². The van der Waals surface area contributed by atoms with E-state index in [1.54, 1.807) is 18.3 Å². The molecule has 0 saturated carbocycles. The van der Waals surface area contributed by atoms with E-state index in [1.165, 1.54) is 4.57 Å². The van der Waals surface area contributed by atoms with Gasteiger partial charge in [0, 0.05) is 23.2 Å². The largest absolute Gasteiger partial charge is 0.454 e. The van der Waals surface area contributed by atoms with Crippen LogP contribution in [0.1, 0.15) is 44.0 Å². The molecule has 2 aliphatic heterocycles. The Bertz CT molecular complexity index is 925. The first kappa shape index (κ1) is 17.9. The second kappa shape index (κ2) is 6.27. The minimum atomic E-state index is -0.639. The summed E-state index contributed by atoms with van der Waals surface area (Å²) in [4.78, 5) is 28.0. The normalized spacial score (nSPS) is 19.6. The molecule has 1 aromatic heterocycles. The van der Waals surface area contributed by atoms with Gasteiger partial charge < -0.3 is 14.2 Å². The fraction of sp³-hybridized carbons (Fsp3) is 0.500. The Kier molecular flexibility index (Phi) is 4.14. The average molecular weight is 372 g/mol. The van der Waals surface area contributed by atoms with Gasteiger partial charge in [0.25, 0.3) is 0 Å². The van der Waals surface area contributed by atoms with Gasteiger partial charge in [0.15, 0.2) is 17.3 Å². The zero-order valence-corrected chi connectivity index (χ0v) is 16.1. The zero-order valence-electron chi connectivity index (χ0n) is 16.1. The predicted molar refractivity (Wildman–Crippen MR) is 99.7 cm³/mol. The first-order chi connectivity index (χ1) is 12.7. The number of ether oxygens (including phenoxy) is 3. The number of aromatic nitrogens is 1. The van der Waals surface area contributed by atoms with E-state index >= 15 is 0 Å². The lowest BCUT2D eigenvalue weighted by molar-refractivity contribution is 0.0544. The van der Waals surface area contributed by atoms with Crippen LogP contribution in [-0.4, -0.2) is 53.4 Å². The van der Waals surface area contributed by atoms with Gasteiger partial charge in [-0.3, -0.25) is 14.3 Å². The van der Waals surface area contributed by atoms with E-state index in [-0.39, 0.29) is 18.6 Å². The van der Waals surface area contributed by atoms with Crippen LogP contribution in [0.25, 0.3) is 10.9 Å². The summed E-state index contributed by atoms with van der Waals surface area (Å²) in [5.74, 6) is 1.15. The lowest BCUT2D eigenvalue weighted by Gasteiger charge is -2.19. The number of likely N-dealkylation sites (N-methyl/N-ethyl adjacent to an activating group) is 1. The van der Waals surface area contributed by atoms with Crippen molar-refractivity contribution in [2.24, 2.45) is 0 Å². The third kappa shape index (κ3) is 3.16. The standard InChI is InChI=1S/C20H24N2O5/c1-20(2,3)27-19(24)22-10-13(18(23)14-6-5-7-21(14)4)12-8-16-17(9-15(12)22)26-11-25-16/h8-10,14H,5-7,11H2,1-4H3/t14-/m0/s1. The highest BCUT2D eigenvalue weighted by atomic mass is 16.7. The summed E-state index contributed by atoms with van der Waals surface area (Å²) in [6, 6.07) is 3.34. The number of carbonyl (C=O) groups excluding carboxylic acids is 2. The summed E-state index contributed by atoms with van der Waals surface area (Å²) < 4.78 is 17.8. The number of likely N-dealkylation sites (tertiary alicyclic amines) is 1. The highest BCUT2D eigenvalue weighted by Crippen LogP contribution is 2.39. The number of rotatable bonds is 2. The topological polar surface area (TPSA) is 70.0 Å². The molecule has 1 aromatic carbocycles. The summed E-state index contributed by atoms with van der Waals surface area (Å²) >= 11 is 0. The van der Waals surface area contributed by atoms with Crippen molar-refractivity contribution in [1.82, 2.24) is 9.47 Å². The highest BCUT2D eigenvalue weighted by molar-refractivity contribution is 6.12. The molecule has 0 bridgehead atoms. The molecule has 27 heavy (non-hydrogen) atoms. The van der Waals surface area contributed by atoms with E-state index in [2.05, 4.69) is 4.90 Å². The summed E-state index contributed by atoms with van der Waals surface area (Å²) in [7, 11) is 1.96. The molecule has 2 aliphatic rings. The van der Waals surface area contributed by atoms with Crippen LogP contribution in [0.15, 0.2) is 18.3 Å². The minimum Gasteiger partial charge on any atom is -0.454 e. The zero-order chi connectivity index (χ0) is 19.3. The number of carbonyl (C=O) groups is 2. The molecular formula is C20H24N2O5. The molecule has 7 nitrogen and oxygen atoms in total. The number of hydrogen-bond acceptors (Lipinski definition) is 6. The Hall–Kier alpha value is -2.54. The second-order valence-corrected chi connectivity index (χ2v) is 8.12. The molecule has 144 valence electrons. The maximum atomic E-state index is 13.2. The molecule has 0 aliphatic carbocycles. The van der Waals surface area contributed by atoms with Crippen LogP contribution in [-0.2, 0) is 4.74 Å². The fourth-order valence-corrected chi connectivity index (χ4v) is 3.69. The smallest absolute Gasteiger partial charge is 0.419 e. The molecule has 7 heteroatoms. The quantitative estimate of drug-likeness (QED) is 0.752. The van der Waals surface area contributed by atoms with E-state index in [9.17, 15) is 9.59 Å². The molecule has 1 atom stereocenters. The Morgan fingerprint density at radius 3 is 2.52 bits per heavy atom. The second-order valence-electron chi connectivity index (χ2n) is 8.12. The Balaban J connectivity index is 1.83. The molecule has 3 heterocycles. The van der Waals surface area contributed by atoms with E-state index in [1.807, 2.05) is 27.8 Å². The molecule has 0 spiro atoms. The molecule has 1 saturated heterocycles. The van der Waals surface area contributed by atoms with Crippen molar-refractivity contribution < 1.29 is 23.8 Å². The first-order valence-corrected chi connectivity index (χ1v) is 9.17. The van der Waals surface area contributed by atoms with Gasteiger partial charge in [-0.25, -0.2) is 4.79 Å². The summed E-state index contributed by atoms with van der Waals surface area (Å²) in [6.07, 6.45) is 2.87. The van der Waals surface area contributed by atoms with E-state index in [0.29, 0.717) is 28.0 Å². The summed E-state index contributed by atoms with van der Waals surface area (Å²) in [6.45, 7) is 6.46. The molecular weight excluding hydrogens is 348 g/mol. The fourth-order valence-electron chi connectivity index (χ4n) is 3.69. The van der Waals surface area contributed by atoms with Gasteiger partial charge >= 0.3 is 6.09 Å². The van der Waals surface area contributed by atoms with Crippen LogP contribution in [0.4, 0.5) is 4.79 Å². The van der Waals surface area contributed by atoms with Crippen LogP contribution in [0, 0.1) is 0 Å². The van der Waals surface area contributed by atoms with Crippen LogP contribution in [0.3, 0.4) is 0 Å². The third-order valence-electron chi connectivity index (χ3n) is 4.98. The van der Waals surface area contributed by atoms with Crippen LogP contribution in [0.5, 0.6) is 11.5 Å². The van der Waals surface area contributed by atoms with Crippen LogP contribution < -0.4 is 9.47 Å². The third-order valence-corrected chi connectivity index (χ3v) is 4.98. The van der Waals surface area contributed by atoms with Crippen LogP contribution >= 0.6 is 0 Å². The number of ketones is 1. The van der Waals surface area contributed by atoms with Gasteiger partial charge in [-0.15, -0.1) is 0 Å². The molecule has 4 rings (SSSR count). The number of hydrogen-bond donors (Lipinski definition) is 0. The lowest BCUT2D eigenvalue weighted by Crippen LogP contribution is -2.32. The number of benzene rings is 1. The maximum absolute atomic E-state index is 13.2. The molecule has 2 aromatic rings. The average Bonchev–Trinajstić information content (AvgIpc) is 3.28. The molecule has 1 fully saturated rings. The van der Waals surface area contributed by atoms with Crippen molar-refractivity contribution in [3.05, 3.63) is 23.9 Å². The van der Waals surface area contributed by atoms with Crippen molar-refractivity contribution in [2.75, 3.05) is 20.4 Å². The van der Waals surface area contributed by atoms with Crippen LogP contribution in [0.2, 0.25) is 0 Å². The summed E-state index contributed by atoms with van der Waals surface area (Å²) in [5, 5.41) is 0.676. The number of Topliss-reactive ketones (excluding diaryl/α,β-unsaturated/α-hetero) is 1. The van der Waals surface area contributed by atoms with Crippen molar-refractivity contribution >= 4 is 22.8 Å². The highest BCUT2D eigenvalue weighted by Gasteiger charge is 2.32. The number of nitrogens with zero attached hydrogens (tertiary/aromatic N) is 2. The Morgan fingerprint density at radius 1 is 1.19 bits per heavy atom. The Morgan fingerprint density at radius 2 is 1.89 bits per heavy atom. The minimum absolute atomic E-state index is 0.0150. The Labute approximate surface area is 157 Å². The van der Waals surface area contributed by atoms with Gasteiger partial charge in [-0.05, 0) is 53.3 Å². The monoisotopic (exact) mass is 372 g/mol. The molecule has 0 radical (unpaired) electrons. The van der Waals surface area contributed by atoms with Gasteiger partial charge in [-0.2, -0.15) is 0 Å². The van der Waals surface area contributed by atoms with E-state index in [0.717, 1.165) is 19.4 Å². The van der Waals surface area contributed by atoms with Gasteiger partial charge in [-0.1, -0.05) is 0 Å². The van der Waals surface area contributed by atoms with Gasteiger partial charge in [0.1, 0.15) is 5.60 Å². The molecule has 0 unspecified atom stereocenters. The van der Waals surface area contributed by atoms with Gasteiger partial charge in [0.05, 0.1) is 11.6 Å². The predicted octanol–water partition coefficient (Wildman–Crippen LogP) is 3.43. The van der Waals surface area contributed by atoms with Crippen molar-refractivity contribution in [1.29, 1.82) is 0 Å².